The number of aromatic nitrogens is 2. The van der Waals surface area contributed by atoms with Crippen molar-refractivity contribution in [3.8, 4) is 0 Å². The van der Waals surface area contributed by atoms with Crippen LogP contribution < -0.4 is 5.32 Å². The summed E-state index contributed by atoms with van der Waals surface area (Å²) in [7, 11) is 3.96. The summed E-state index contributed by atoms with van der Waals surface area (Å²) < 4.78 is 2.17. The summed E-state index contributed by atoms with van der Waals surface area (Å²) in [6.07, 6.45) is 7.95. The van der Waals surface area contributed by atoms with E-state index >= 15 is 0 Å². The van der Waals surface area contributed by atoms with Crippen molar-refractivity contribution in [1.82, 2.24) is 14.9 Å². The summed E-state index contributed by atoms with van der Waals surface area (Å²) in [6.45, 7) is 8.66. The maximum Gasteiger partial charge on any atom is 0.139 e. The average molecular weight is 338 g/mol. The Morgan fingerprint density at radius 1 is 1.28 bits per heavy atom. The number of aliphatic imine (C=N–C) groups is 1. The van der Waals surface area contributed by atoms with Gasteiger partial charge in [-0.1, -0.05) is 5.57 Å². The summed E-state index contributed by atoms with van der Waals surface area (Å²) >= 11 is 0. The summed E-state index contributed by atoms with van der Waals surface area (Å²) in [6, 6.07) is 2.32. The van der Waals surface area contributed by atoms with Gasteiger partial charge in [-0.15, -0.1) is 0 Å². The van der Waals surface area contributed by atoms with Crippen LogP contribution in [0.4, 0.5) is 0 Å². The van der Waals surface area contributed by atoms with Gasteiger partial charge in [-0.25, -0.2) is 4.98 Å². The molecular formula is C21H30N4. The molecule has 4 nitrogen and oxygen atoms in total. The Morgan fingerprint density at radius 3 is 2.64 bits per heavy atom. The number of nitrogens with one attached hydrogen (secondary N) is 1. The molecule has 0 aromatic carbocycles. The number of pyridine rings is 1. The molecule has 2 aromatic rings. The quantitative estimate of drug-likeness (QED) is 0.856. The molecule has 2 aromatic heterocycles. The first kappa shape index (κ1) is 17.9. The van der Waals surface area contributed by atoms with Crippen LogP contribution in [0.1, 0.15) is 44.7 Å². The van der Waals surface area contributed by atoms with Crippen LogP contribution in [0.5, 0.6) is 0 Å². The molecule has 0 radical (unpaired) electrons. The first-order chi connectivity index (χ1) is 12.0. The molecule has 0 aliphatic carbocycles. The zero-order valence-electron chi connectivity index (χ0n) is 16.2. The van der Waals surface area contributed by atoms with Crippen molar-refractivity contribution in [2.45, 2.75) is 40.0 Å². The van der Waals surface area contributed by atoms with Gasteiger partial charge in [0.1, 0.15) is 5.65 Å². The second-order valence-electron chi connectivity index (χ2n) is 7.44. The van der Waals surface area contributed by atoms with E-state index in [4.69, 9.17) is 4.98 Å². The van der Waals surface area contributed by atoms with Gasteiger partial charge < -0.3 is 9.88 Å². The highest BCUT2D eigenvalue weighted by Gasteiger charge is 2.18. The molecule has 3 rings (SSSR count). The minimum absolute atomic E-state index is 0.775. The molecule has 25 heavy (non-hydrogen) atoms. The largest absolute Gasteiger partial charge is 0.335 e. The fourth-order valence-electron chi connectivity index (χ4n) is 4.01. The Morgan fingerprint density at radius 2 is 2.00 bits per heavy atom. The van der Waals surface area contributed by atoms with Crippen LogP contribution in [0.3, 0.4) is 0 Å². The molecule has 134 valence electrons. The molecule has 1 fully saturated rings. The summed E-state index contributed by atoms with van der Waals surface area (Å²) in [4.78, 5) is 9.18. The molecule has 0 saturated carbocycles. The van der Waals surface area contributed by atoms with Crippen molar-refractivity contribution in [3.05, 3.63) is 35.2 Å². The van der Waals surface area contributed by atoms with Crippen LogP contribution in [0.25, 0.3) is 16.6 Å². The highest BCUT2D eigenvalue weighted by atomic mass is 15.0. The average Bonchev–Trinajstić information content (AvgIpc) is 2.91. The molecule has 0 amide bonds. The Balaban J connectivity index is 2.03. The number of fused-ring (bicyclic) bond motifs is 1. The van der Waals surface area contributed by atoms with Gasteiger partial charge in [0.2, 0.25) is 0 Å². The number of allylic oxidation sites excluding steroid dienone is 2. The predicted molar refractivity (Wildman–Crippen MR) is 107 cm³/mol. The zero-order chi connectivity index (χ0) is 18.0. The standard InChI is InChI=1S/C21H30N4/c1-14(2)20(15(3)22-4)17-11-19-18(10-16-6-8-23-9-7-16)13-25(5)21(19)24-12-17/h11-13,16,23H,6-10H2,1-5H3. The molecule has 3 heterocycles. The van der Waals surface area contributed by atoms with E-state index in [-0.39, 0.29) is 0 Å². The first-order valence-electron chi connectivity index (χ1n) is 9.27. The van der Waals surface area contributed by atoms with E-state index in [0.717, 1.165) is 36.8 Å². The van der Waals surface area contributed by atoms with Crippen LogP contribution in [-0.2, 0) is 13.5 Å². The molecule has 0 unspecified atom stereocenters. The lowest BCUT2D eigenvalue weighted by Crippen LogP contribution is -2.28. The molecule has 1 saturated heterocycles. The van der Waals surface area contributed by atoms with Crippen molar-refractivity contribution in [2.24, 2.45) is 18.0 Å². The monoisotopic (exact) mass is 338 g/mol. The molecule has 1 aliphatic rings. The zero-order valence-corrected chi connectivity index (χ0v) is 16.2. The fraction of sp³-hybridized carbons (Fsp3) is 0.524. The number of piperidine rings is 1. The molecule has 1 aliphatic heterocycles. The molecule has 0 spiro atoms. The van der Waals surface area contributed by atoms with E-state index in [2.05, 4.69) is 55.0 Å². The van der Waals surface area contributed by atoms with E-state index in [9.17, 15) is 0 Å². The lowest BCUT2D eigenvalue weighted by molar-refractivity contribution is 0.373. The lowest BCUT2D eigenvalue weighted by Gasteiger charge is -2.22. The highest BCUT2D eigenvalue weighted by molar-refractivity contribution is 6.23. The van der Waals surface area contributed by atoms with E-state index in [1.54, 1.807) is 0 Å². The van der Waals surface area contributed by atoms with Gasteiger partial charge in [0.05, 0.1) is 0 Å². The SMILES string of the molecule is CN=C(C)C(=C(C)C)c1cnc2c(c1)c(CC1CCNCC1)cn2C. The van der Waals surface area contributed by atoms with Crippen LogP contribution in [0.2, 0.25) is 0 Å². The summed E-state index contributed by atoms with van der Waals surface area (Å²) in [5.41, 5.74) is 7.24. The predicted octanol–water partition coefficient (Wildman–Crippen LogP) is 4.00. The van der Waals surface area contributed by atoms with Crippen LogP contribution in [0.15, 0.2) is 29.0 Å². The Labute approximate surface area is 151 Å². The smallest absolute Gasteiger partial charge is 0.139 e. The van der Waals surface area contributed by atoms with Crippen molar-refractivity contribution in [3.63, 3.8) is 0 Å². The van der Waals surface area contributed by atoms with Crippen molar-refractivity contribution < 1.29 is 0 Å². The number of hydrogen-bond donors (Lipinski definition) is 1. The van der Waals surface area contributed by atoms with E-state index in [0.29, 0.717) is 0 Å². The molecule has 4 heteroatoms. The molecular weight excluding hydrogens is 308 g/mol. The third-order valence-electron chi connectivity index (χ3n) is 5.35. The minimum atomic E-state index is 0.775. The Bertz CT molecular complexity index is 816. The third kappa shape index (κ3) is 3.69. The number of rotatable bonds is 4. The Hall–Kier alpha value is -1.94. The van der Waals surface area contributed by atoms with Crippen LogP contribution in [0, 0.1) is 5.92 Å². The maximum atomic E-state index is 4.78. The van der Waals surface area contributed by atoms with Gasteiger partial charge >= 0.3 is 0 Å². The van der Waals surface area contributed by atoms with Crippen molar-refractivity contribution in [1.29, 1.82) is 0 Å². The van der Waals surface area contributed by atoms with E-state index < -0.39 is 0 Å². The minimum Gasteiger partial charge on any atom is -0.335 e. The highest BCUT2D eigenvalue weighted by Crippen LogP contribution is 2.29. The Kier molecular flexibility index (Phi) is 5.38. The van der Waals surface area contributed by atoms with Gasteiger partial charge in [-0.2, -0.15) is 0 Å². The van der Waals surface area contributed by atoms with Crippen LogP contribution >= 0.6 is 0 Å². The van der Waals surface area contributed by atoms with Gasteiger partial charge in [0, 0.05) is 48.7 Å². The van der Waals surface area contributed by atoms with E-state index in [1.807, 2.05) is 13.2 Å². The second-order valence-corrected chi connectivity index (χ2v) is 7.44. The molecule has 1 N–H and O–H groups in total. The topological polar surface area (TPSA) is 42.2 Å². The maximum absolute atomic E-state index is 4.78. The lowest BCUT2D eigenvalue weighted by atomic mass is 9.90. The van der Waals surface area contributed by atoms with Gasteiger partial charge in [0.25, 0.3) is 0 Å². The number of hydrogen-bond acceptors (Lipinski definition) is 3. The fourth-order valence-corrected chi connectivity index (χ4v) is 4.01. The van der Waals surface area contributed by atoms with Gasteiger partial charge in [0.15, 0.2) is 0 Å². The van der Waals surface area contributed by atoms with Gasteiger partial charge in [-0.05, 0) is 70.7 Å². The van der Waals surface area contributed by atoms with Crippen LogP contribution in [-0.4, -0.2) is 35.4 Å². The van der Waals surface area contributed by atoms with Gasteiger partial charge in [-0.3, -0.25) is 4.99 Å². The number of aryl methyl sites for hydroxylation is 1. The number of nitrogens with zero attached hydrogens (tertiary/aromatic N) is 3. The molecule has 0 atom stereocenters. The van der Waals surface area contributed by atoms with Crippen molar-refractivity contribution >= 4 is 22.3 Å². The summed E-state index contributed by atoms with van der Waals surface area (Å²) in [5.74, 6) is 0.775. The molecule has 0 bridgehead atoms. The third-order valence-corrected chi connectivity index (χ3v) is 5.35. The first-order valence-corrected chi connectivity index (χ1v) is 9.27. The van der Waals surface area contributed by atoms with E-state index in [1.165, 1.54) is 40.5 Å². The van der Waals surface area contributed by atoms with Crippen molar-refractivity contribution in [2.75, 3.05) is 20.1 Å². The summed E-state index contributed by atoms with van der Waals surface area (Å²) in [5, 5.41) is 4.75. The normalized spacial score (nSPS) is 16.4. The second kappa shape index (κ2) is 7.52.